The summed E-state index contributed by atoms with van der Waals surface area (Å²) in [6.07, 6.45) is -3.43. The van der Waals surface area contributed by atoms with E-state index >= 15 is 0 Å². The number of hydrogen-bond acceptors (Lipinski definition) is 5. The fourth-order valence-corrected chi connectivity index (χ4v) is 3.11. The third kappa shape index (κ3) is 5.94. The lowest BCUT2D eigenvalue weighted by Crippen LogP contribution is -2.49. The van der Waals surface area contributed by atoms with E-state index in [9.17, 15) is 22.4 Å². The van der Waals surface area contributed by atoms with Gasteiger partial charge in [-0.05, 0) is 30.7 Å². The molecule has 6 nitrogen and oxygen atoms in total. The first-order chi connectivity index (χ1) is 13.7. The number of nitrogens with zero attached hydrogens (tertiary/aromatic N) is 4. The largest absolute Gasteiger partial charge is 0.523 e. The predicted octanol–water partition coefficient (Wildman–Crippen LogP) is 2.77. The van der Waals surface area contributed by atoms with Gasteiger partial charge in [0.05, 0.1) is 5.69 Å². The van der Waals surface area contributed by atoms with E-state index in [1.165, 1.54) is 17.3 Å². The fourth-order valence-electron chi connectivity index (χ4n) is 3.11. The summed E-state index contributed by atoms with van der Waals surface area (Å²) in [5, 5.41) is 0. The molecule has 2 aromatic rings. The molecular formula is C19H20F4N4O2. The summed E-state index contributed by atoms with van der Waals surface area (Å²) < 4.78 is 54.2. The lowest BCUT2D eigenvalue weighted by atomic mass is 10.1. The molecule has 0 spiro atoms. The van der Waals surface area contributed by atoms with Gasteiger partial charge in [0.25, 0.3) is 0 Å². The molecule has 0 aliphatic carbocycles. The summed E-state index contributed by atoms with van der Waals surface area (Å²) in [5.74, 6) is -1.09. The first-order valence-electron chi connectivity index (χ1n) is 8.99. The van der Waals surface area contributed by atoms with E-state index in [0.29, 0.717) is 44.0 Å². The number of aromatic nitrogens is 2. The number of hydrogen-bond donors (Lipinski definition) is 0. The molecule has 1 aromatic heterocycles. The van der Waals surface area contributed by atoms with Crippen molar-refractivity contribution < 1.29 is 27.1 Å². The average molecular weight is 412 g/mol. The molecule has 2 heterocycles. The third-order valence-electron chi connectivity index (χ3n) is 4.60. The average Bonchev–Trinajstić information content (AvgIpc) is 2.66. The Hall–Kier alpha value is -2.59. The van der Waals surface area contributed by atoms with E-state index in [0.717, 1.165) is 11.3 Å². The molecule has 0 atom stereocenters. The Kier molecular flexibility index (Phi) is 6.43. The number of carbonyl (C=O) groups is 1. The number of carbonyl (C=O) groups excluding carboxylic acids is 1. The second-order valence-electron chi connectivity index (χ2n) is 6.75. The van der Waals surface area contributed by atoms with Crippen LogP contribution in [-0.4, -0.2) is 64.8 Å². The van der Waals surface area contributed by atoms with Crippen LogP contribution in [0.25, 0.3) is 11.3 Å². The summed E-state index contributed by atoms with van der Waals surface area (Å²) in [4.78, 5) is 23.2. The van der Waals surface area contributed by atoms with Gasteiger partial charge in [0.15, 0.2) is 0 Å². The van der Waals surface area contributed by atoms with Gasteiger partial charge in [-0.3, -0.25) is 14.4 Å². The van der Waals surface area contributed by atoms with Gasteiger partial charge in [0.2, 0.25) is 5.91 Å². The monoisotopic (exact) mass is 412 g/mol. The third-order valence-corrected chi connectivity index (χ3v) is 4.60. The van der Waals surface area contributed by atoms with Crippen LogP contribution in [0.5, 0.6) is 0 Å². The van der Waals surface area contributed by atoms with Crippen molar-refractivity contribution in [2.45, 2.75) is 19.8 Å². The van der Waals surface area contributed by atoms with Gasteiger partial charge >= 0.3 is 6.36 Å². The Morgan fingerprint density at radius 1 is 1.14 bits per heavy atom. The maximum Gasteiger partial charge on any atom is 0.523 e. The summed E-state index contributed by atoms with van der Waals surface area (Å²) in [6.45, 7) is 2.80. The van der Waals surface area contributed by atoms with Gasteiger partial charge in [0, 0.05) is 44.0 Å². The predicted molar refractivity (Wildman–Crippen MR) is 96.0 cm³/mol. The normalized spacial score (nSPS) is 15.6. The van der Waals surface area contributed by atoms with Crippen LogP contribution in [-0.2, 0) is 16.1 Å². The molecule has 10 heteroatoms. The highest BCUT2D eigenvalue weighted by molar-refractivity contribution is 5.77. The number of rotatable bonds is 5. The number of alkyl halides is 3. The van der Waals surface area contributed by atoms with Crippen LogP contribution >= 0.6 is 0 Å². The van der Waals surface area contributed by atoms with E-state index in [-0.39, 0.29) is 0 Å². The van der Waals surface area contributed by atoms with Crippen molar-refractivity contribution in [3.05, 3.63) is 47.7 Å². The van der Waals surface area contributed by atoms with Gasteiger partial charge in [-0.1, -0.05) is 6.07 Å². The van der Waals surface area contributed by atoms with Crippen LogP contribution in [0.3, 0.4) is 0 Å². The molecule has 0 N–H and O–H groups in total. The van der Waals surface area contributed by atoms with Gasteiger partial charge in [-0.2, -0.15) is 0 Å². The summed E-state index contributed by atoms with van der Waals surface area (Å²) in [5.41, 5.74) is 2.40. The van der Waals surface area contributed by atoms with Crippen LogP contribution in [0.15, 0.2) is 30.6 Å². The fraction of sp³-hybridized carbons (Fsp3) is 0.421. The Labute approximate surface area is 165 Å². The van der Waals surface area contributed by atoms with Gasteiger partial charge in [0.1, 0.15) is 18.8 Å². The molecule has 1 fully saturated rings. The van der Waals surface area contributed by atoms with E-state index in [1.54, 1.807) is 19.1 Å². The molecule has 3 rings (SSSR count). The zero-order chi connectivity index (χ0) is 21.0. The van der Waals surface area contributed by atoms with Crippen molar-refractivity contribution in [3.8, 4) is 11.3 Å². The maximum atomic E-state index is 14.5. The Morgan fingerprint density at radius 2 is 1.86 bits per heavy atom. The highest BCUT2D eigenvalue weighted by Crippen LogP contribution is 2.23. The van der Waals surface area contributed by atoms with Crippen molar-refractivity contribution in [1.29, 1.82) is 0 Å². The molecule has 0 saturated carbocycles. The Balaban J connectivity index is 1.54. The molecule has 156 valence electrons. The van der Waals surface area contributed by atoms with Crippen molar-refractivity contribution in [2.24, 2.45) is 0 Å². The molecule has 1 aliphatic rings. The van der Waals surface area contributed by atoms with Crippen LogP contribution in [0.1, 0.15) is 11.3 Å². The van der Waals surface area contributed by atoms with E-state index in [1.807, 2.05) is 11.0 Å². The smallest absolute Gasteiger partial charge is 0.338 e. The van der Waals surface area contributed by atoms with Crippen LogP contribution in [0.4, 0.5) is 17.6 Å². The van der Waals surface area contributed by atoms with Crippen molar-refractivity contribution in [3.63, 3.8) is 0 Å². The van der Waals surface area contributed by atoms with Gasteiger partial charge < -0.3 is 4.90 Å². The Bertz CT molecular complexity index is 868. The molecule has 0 bridgehead atoms. The molecule has 1 amide bonds. The van der Waals surface area contributed by atoms with Gasteiger partial charge in [-0.25, -0.2) is 14.4 Å². The van der Waals surface area contributed by atoms with E-state index in [4.69, 9.17) is 0 Å². The minimum absolute atomic E-state index is 0.292. The van der Waals surface area contributed by atoms with Crippen LogP contribution in [0, 0.1) is 12.7 Å². The van der Waals surface area contributed by atoms with Crippen molar-refractivity contribution >= 4 is 5.91 Å². The molecule has 1 saturated heterocycles. The van der Waals surface area contributed by atoms with E-state index in [2.05, 4.69) is 14.7 Å². The number of amides is 1. The molecule has 1 aromatic carbocycles. The number of piperazine rings is 1. The number of ether oxygens (including phenoxy) is 1. The molecule has 29 heavy (non-hydrogen) atoms. The standard InChI is InChI=1S/C19H20F4N4O2/c1-13-8-17(25-12-24-13)15-3-2-14(9-16(15)20)10-26-4-6-27(7-5-26)18(28)11-29-19(21,22)23/h2-3,8-9,12H,4-7,10-11H2,1H3. The second-order valence-corrected chi connectivity index (χ2v) is 6.75. The summed E-state index contributed by atoms with van der Waals surface area (Å²) >= 11 is 0. The summed E-state index contributed by atoms with van der Waals surface area (Å²) in [7, 11) is 0. The van der Waals surface area contributed by atoms with Crippen LogP contribution in [0.2, 0.25) is 0 Å². The van der Waals surface area contributed by atoms with Crippen molar-refractivity contribution in [2.75, 3.05) is 32.8 Å². The SMILES string of the molecule is Cc1cc(-c2ccc(CN3CCN(C(=O)COC(F)(F)F)CC3)cc2F)ncn1. The topological polar surface area (TPSA) is 58.6 Å². The zero-order valence-corrected chi connectivity index (χ0v) is 15.7. The second kappa shape index (κ2) is 8.83. The number of aryl methyl sites for hydroxylation is 1. The van der Waals surface area contributed by atoms with Crippen molar-refractivity contribution in [1.82, 2.24) is 19.8 Å². The van der Waals surface area contributed by atoms with Gasteiger partial charge in [-0.15, -0.1) is 13.2 Å². The minimum Gasteiger partial charge on any atom is -0.338 e. The maximum absolute atomic E-state index is 14.5. The zero-order valence-electron chi connectivity index (χ0n) is 15.7. The number of halogens is 4. The number of benzene rings is 1. The quantitative estimate of drug-likeness (QED) is 0.707. The molecule has 0 unspecified atom stereocenters. The molecular weight excluding hydrogens is 392 g/mol. The Morgan fingerprint density at radius 3 is 2.48 bits per heavy atom. The molecule has 0 radical (unpaired) electrons. The summed E-state index contributed by atoms with van der Waals surface area (Å²) in [6, 6.07) is 6.63. The lowest BCUT2D eigenvalue weighted by Gasteiger charge is -2.34. The first-order valence-corrected chi connectivity index (χ1v) is 8.99. The van der Waals surface area contributed by atoms with E-state index < -0.39 is 24.7 Å². The first kappa shape index (κ1) is 21.1. The highest BCUT2D eigenvalue weighted by atomic mass is 19.4. The minimum atomic E-state index is -4.82. The molecule has 1 aliphatic heterocycles. The van der Waals surface area contributed by atoms with Crippen LogP contribution < -0.4 is 0 Å². The lowest BCUT2D eigenvalue weighted by molar-refractivity contribution is -0.321. The highest BCUT2D eigenvalue weighted by Gasteiger charge is 2.31.